The standard InChI is InChI=1S/C22H19FN4O/c1-3-24-22(28)15-8-7-13(2)17(10-15)19-11-20-18(12-25-19)21(27-26-20)14-5-4-6-16(23)9-14/h4-12H,3H2,1-2H3,(H,24,28)(H,26,27). The Labute approximate surface area is 161 Å². The van der Waals surface area contributed by atoms with E-state index in [4.69, 9.17) is 0 Å². The number of hydrogen-bond acceptors (Lipinski definition) is 3. The number of carbonyl (C=O) groups excluding carboxylic acids is 1. The van der Waals surface area contributed by atoms with Gasteiger partial charge in [-0.25, -0.2) is 4.39 Å². The number of rotatable bonds is 4. The molecule has 4 aromatic rings. The first-order valence-electron chi connectivity index (χ1n) is 9.06. The number of aromatic nitrogens is 3. The van der Waals surface area contributed by atoms with Crippen molar-refractivity contribution in [2.45, 2.75) is 13.8 Å². The number of aromatic amines is 1. The average Bonchev–Trinajstić information content (AvgIpc) is 3.11. The lowest BCUT2D eigenvalue weighted by atomic mass is 10.0. The Balaban J connectivity index is 1.77. The van der Waals surface area contributed by atoms with Gasteiger partial charge in [0, 0.05) is 34.8 Å². The summed E-state index contributed by atoms with van der Waals surface area (Å²) in [4.78, 5) is 16.7. The minimum atomic E-state index is -0.309. The number of pyridine rings is 1. The topological polar surface area (TPSA) is 70.7 Å². The van der Waals surface area contributed by atoms with E-state index in [0.29, 0.717) is 23.4 Å². The summed E-state index contributed by atoms with van der Waals surface area (Å²) in [6, 6.07) is 13.8. The first-order chi connectivity index (χ1) is 13.6. The molecule has 28 heavy (non-hydrogen) atoms. The van der Waals surface area contributed by atoms with Crippen LogP contribution in [0.1, 0.15) is 22.8 Å². The van der Waals surface area contributed by atoms with Crippen LogP contribution < -0.4 is 5.32 Å². The lowest BCUT2D eigenvalue weighted by molar-refractivity contribution is 0.0956. The Morgan fingerprint density at radius 2 is 2.04 bits per heavy atom. The highest BCUT2D eigenvalue weighted by molar-refractivity contribution is 5.97. The molecule has 0 radical (unpaired) electrons. The van der Waals surface area contributed by atoms with Gasteiger partial charge >= 0.3 is 0 Å². The van der Waals surface area contributed by atoms with Gasteiger partial charge in [0.15, 0.2) is 0 Å². The molecule has 0 unspecified atom stereocenters. The number of hydrogen-bond donors (Lipinski definition) is 2. The molecule has 2 aromatic heterocycles. The molecule has 2 N–H and O–H groups in total. The molecule has 0 spiro atoms. The number of nitrogens with zero attached hydrogens (tertiary/aromatic N) is 2. The molecule has 0 aliphatic carbocycles. The van der Waals surface area contributed by atoms with Crippen molar-refractivity contribution in [2.75, 3.05) is 6.54 Å². The van der Waals surface area contributed by atoms with Gasteiger partial charge in [0.1, 0.15) is 11.5 Å². The Morgan fingerprint density at radius 3 is 2.82 bits per heavy atom. The maximum atomic E-state index is 13.6. The summed E-state index contributed by atoms with van der Waals surface area (Å²) in [5, 5.41) is 11.0. The number of nitrogens with one attached hydrogen (secondary N) is 2. The highest BCUT2D eigenvalue weighted by atomic mass is 19.1. The first-order valence-corrected chi connectivity index (χ1v) is 9.06. The van der Waals surface area contributed by atoms with Crippen molar-refractivity contribution < 1.29 is 9.18 Å². The summed E-state index contributed by atoms with van der Waals surface area (Å²) in [6.07, 6.45) is 1.73. The van der Waals surface area contributed by atoms with Crippen LogP contribution in [0.5, 0.6) is 0 Å². The summed E-state index contributed by atoms with van der Waals surface area (Å²) < 4.78 is 13.6. The zero-order valence-corrected chi connectivity index (χ0v) is 15.6. The molecule has 0 aliphatic rings. The van der Waals surface area contributed by atoms with E-state index >= 15 is 0 Å². The number of carbonyl (C=O) groups is 1. The average molecular weight is 374 g/mol. The number of amides is 1. The molecule has 0 atom stereocenters. The van der Waals surface area contributed by atoms with Gasteiger partial charge in [-0.15, -0.1) is 0 Å². The summed E-state index contributed by atoms with van der Waals surface area (Å²) in [5.41, 5.74) is 5.38. The quantitative estimate of drug-likeness (QED) is 0.553. The minimum absolute atomic E-state index is 0.111. The number of benzene rings is 2. The fourth-order valence-corrected chi connectivity index (χ4v) is 3.22. The van der Waals surface area contributed by atoms with Gasteiger partial charge in [0.25, 0.3) is 5.91 Å². The Morgan fingerprint density at radius 1 is 1.18 bits per heavy atom. The third-order valence-electron chi connectivity index (χ3n) is 4.66. The highest BCUT2D eigenvalue weighted by Gasteiger charge is 2.13. The molecule has 5 nitrogen and oxygen atoms in total. The molecule has 0 aliphatic heterocycles. The van der Waals surface area contributed by atoms with Crippen LogP contribution in [0.2, 0.25) is 0 Å². The predicted octanol–water partition coefficient (Wildman–Crippen LogP) is 4.49. The van der Waals surface area contributed by atoms with E-state index in [0.717, 1.165) is 27.7 Å². The van der Waals surface area contributed by atoms with Crippen molar-refractivity contribution in [1.29, 1.82) is 0 Å². The van der Waals surface area contributed by atoms with Gasteiger partial charge < -0.3 is 5.32 Å². The van der Waals surface area contributed by atoms with Gasteiger partial charge in [0.05, 0.1) is 11.2 Å². The number of halogens is 1. The third-order valence-corrected chi connectivity index (χ3v) is 4.66. The molecule has 6 heteroatoms. The van der Waals surface area contributed by atoms with E-state index in [1.807, 2.05) is 38.1 Å². The lowest BCUT2D eigenvalue weighted by Crippen LogP contribution is -2.22. The minimum Gasteiger partial charge on any atom is -0.352 e. The van der Waals surface area contributed by atoms with Gasteiger partial charge in [-0.2, -0.15) is 5.10 Å². The van der Waals surface area contributed by atoms with Crippen molar-refractivity contribution in [3.8, 4) is 22.5 Å². The summed E-state index contributed by atoms with van der Waals surface area (Å²) in [5.74, 6) is -0.421. The van der Waals surface area contributed by atoms with E-state index < -0.39 is 0 Å². The van der Waals surface area contributed by atoms with E-state index in [1.165, 1.54) is 12.1 Å². The van der Waals surface area contributed by atoms with Crippen LogP contribution in [0.15, 0.2) is 54.7 Å². The van der Waals surface area contributed by atoms with Gasteiger partial charge in [0.2, 0.25) is 0 Å². The number of fused-ring (bicyclic) bond motifs is 1. The SMILES string of the molecule is CCNC(=O)c1ccc(C)c(-c2cc3[nH]nc(-c4cccc(F)c4)c3cn2)c1. The molecule has 140 valence electrons. The molecular formula is C22H19FN4O. The van der Waals surface area contributed by atoms with Crippen molar-refractivity contribution in [3.05, 3.63) is 71.7 Å². The molecule has 2 heterocycles. The van der Waals surface area contributed by atoms with Crippen molar-refractivity contribution >= 4 is 16.8 Å². The summed E-state index contributed by atoms with van der Waals surface area (Å²) >= 11 is 0. The van der Waals surface area contributed by atoms with E-state index in [2.05, 4.69) is 20.5 Å². The van der Waals surface area contributed by atoms with Crippen LogP contribution in [0.25, 0.3) is 33.4 Å². The lowest BCUT2D eigenvalue weighted by Gasteiger charge is -2.09. The van der Waals surface area contributed by atoms with Gasteiger partial charge in [-0.3, -0.25) is 14.9 Å². The van der Waals surface area contributed by atoms with E-state index in [1.54, 1.807) is 18.3 Å². The van der Waals surface area contributed by atoms with Crippen LogP contribution in [0.3, 0.4) is 0 Å². The van der Waals surface area contributed by atoms with E-state index in [9.17, 15) is 9.18 Å². The van der Waals surface area contributed by atoms with E-state index in [-0.39, 0.29) is 11.7 Å². The first kappa shape index (κ1) is 17.9. The van der Waals surface area contributed by atoms with Crippen molar-refractivity contribution in [1.82, 2.24) is 20.5 Å². The Kier molecular flexibility index (Phi) is 4.61. The molecule has 0 fully saturated rings. The smallest absolute Gasteiger partial charge is 0.251 e. The van der Waals surface area contributed by atoms with Crippen LogP contribution in [0.4, 0.5) is 4.39 Å². The van der Waals surface area contributed by atoms with Crippen LogP contribution in [-0.2, 0) is 0 Å². The molecule has 2 aromatic carbocycles. The molecular weight excluding hydrogens is 355 g/mol. The molecule has 1 amide bonds. The zero-order chi connectivity index (χ0) is 19.7. The maximum absolute atomic E-state index is 13.6. The zero-order valence-electron chi connectivity index (χ0n) is 15.6. The fourth-order valence-electron chi connectivity index (χ4n) is 3.22. The normalized spacial score (nSPS) is 11.0. The third kappa shape index (κ3) is 3.24. The monoisotopic (exact) mass is 374 g/mol. The second-order valence-corrected chi connectivity index (χ2v) is 6.59. The Bertz CT molecular complexity index is 1180. The molecule has 0 saturated heterocycles. The van der Waals surface area contributed by atoms with Crippen LogP contribution in [0, 0.1) is 12.7 Å². The summed E-state index contributed by atoms with van der Waals surface area (Å²) in [6.45, 7) is 4.44. The molecule has 0 bridgehead atoms. The highest BCUT2D eigenvalue weighted by Crippen LogP contribution is 2.30. The number of aryl methyl sites for hydroxylation is 1. The largest absolute Gasteiger partial charge is 0.352 e. The van der Waals surface area contributed by atoms with Gasteiger partial charge in [-0.05, 0) is 49.7 Å². The fraction of sp³-hybridized carbons (Fsp3) is 0.136. The van der Waals surface area contributed by atoms with Crippen LogP contribution in [-0.4, -0.2) is 27.6 Å². The van der Waals surface area contributed by atoms with Crippen molar-refractivity contribution in [3.63, 3.8) is 0 Å². The molecule has 4 rings (SSSR count). The van der Waals surface area contributed by atoms with Gasteiger partial charge in [-0.1, -0.05) is 18.2 Å². The second kappa shape index (κ2) is 7.23. The Hall–Kier alpha value is -3.54. The molecule has 0 saturated carbocycles. The van der Waals surface area contributed by atoms with Crippen molar-refractivity contribution in [2.24, 2.45) is 0 Å². The second-order valence-electron chi connectivity index (χ2n) is 6.59. The number of H-pyrrole nitrogens is 1. The maximum Gasteiger partial charge on any atom is 0.251 e. The predicted molar refractivity (Wildman–Crippen MR) is 107 cm³/mol. The van der Waals surface area contributed by atoms with Crippen LogP contribution >= 0.6 is 0 Å². The summed E-state index contributed by atoms with van der Waals surface area (Å²) in [7, 11) is 0.